The smallest absolute Gasteiger partial charge is 0.356 e. The van der Waals surface area contributed by atoms with Crippen LogP contribution in [0.4, 0.5) is 0 Å². The molecule has 5 aromatic rings. The lowest BCUT2D eigenvalue weighted by Crippen LogP contribution is -2.07. The van der Waals surface area contributed by atoms with Crippen LogP contribution in [0.2, 0.25) is 0 Å². The van der Waals surface area contributed by atoms with Crippen LogP contribution in [-0.4, -0.2) is 47.6 Å². The predicted molar refractivity (Wildman–Crippen MR) is 124 cm³/mol. The number of hydrogen-bond acceptors (Lipinski definition) is 8. The topological polar surface area (TPSA) is 108 Å². The van der Waals surface area contributed by atoms with E-state index < -0.39 is 5.97 Å². The highest BCUT2D eigenvalue weighted by Gasteiger charge is 2.13. The minimum Gasteiger partial charge on any atom is -0.464 e. The van der Waals surface area contributed by atoms with Crippen molar-refractivity contribution in [2.24, 2.45) is 0 Å². The number of carbonyl (C=O) groups excluding carboxylic acids is 1. The Kier molecular flexibility index (Phi) is 5.73. The van der Waals surface area contributed by atoms with E-state index in [9.17, 15) is 4.79 Å². The zero-order chi connectivity index (χ0) is 23.5. The molecule has 0 atom stereocenters. The maximum atomic E-state index is 11.6. The Morgan fingerprint density at radius 3 is 2.68 bits per heavy atom. The van der Waals surface area contributed by atoms with Crippen LogP contribution in [0.5, 0.6) is 0 Å². The van der Waals surface area contributed by atoms with Gasteiger partial charge in [-0.15, -0.1) is 5.10 Å². The van der Waals surface area contributed by atoms with E-state index in [-0.39, 0.29) is 5.69 Å². The van der Waals surface area contributed by atoms with Gasteiger partial charge in [0.2, 0.25) is 0 Å². The highest BCUT2D eigenvalue weighted by Crippen LogP contribution is 2.19. The van der Waals surface area contributed by atoms with E-state index >= 15 is 0 Å². The molecule has 0 aliphatic heterocycles. The molecular weight excluding hydrogens is 430 g/mol. The first-order valence-electron chi connectivity index (χ1n) is 10.7. The zero-order valence-electron chi connectivity index (χ0n) is 18.7. The van der Waals surface area contributed by atoms with Gasteiger partial charge in [0.15, 0.2) is 5.82 Å². The van der Waals surface area contributed by atoms with Crippen LogP contribution in [0.1, 0.15) is 39.0 Å². The van der Waals surface area contributed by atoms with Crippen molar-refractivity contribution < 1.29 is 9.53 Å². The van der Waals surface area contributed by atoms with Gasteiger partial charge in [0.1, 0.15) is 17.2 Å². The Bertz CT molecular complexity index is 1480. The molecule has 0 spiro atoms. The Hall–Kier alpha value is -4.53. The second-order valence-corrected chi connectivity index (χ2v) is 7.75. The molecule has 0 aromatic carbocycles. The van der Waals surface area contributed by atoms with Crippen molar-refractivity contribution in [3.8, 4) is 11.5 Å². The van der Waals surface area contributed by atoms with Crippen LogP contribution >= 0.6 is 0 Å². The summed E-state index contributed by atoms with van der Waals surface area (Å²) in [6.45, 7) is 1.94. The lowest BCUT2D eigenvalue weighted by molar-refractivity contribution is 0.0594. The molecule has 0 N–H and O–H groups in total. The summed E-state index contributed by atoms with van der Waals surface area (Å²) in [7, 11) is 1.33. The molecule has 0 aliphatic carbocycles. The van der Waals surface area contributed by atoms with Gasteiger partial charge in [0, 0.05) is 37.1 Å². The van der Waals surface area contributed by atoms with Crippen LogP contribution in [0.15, 0.2) is 67.1 Å². The highest BCUT2D eigenvalue weighted by molar-refractivity contribution is 5.86. The lowest BCUT2D eigenvalue weighted by Gasteiger charge is -2.08. The van der Waals surface area contributed by atoms with E-state index in [1.807, 2.05) is 60.1 Å². The van der Waals surface area contributed by atoms with Gasteiger partial charge in [-0.2, -0.15) is 0 Å². The monoisotopic (exact) mass is 451 g/mol. The minimum atomic E-state index is -0.466. The van der Waals surface area contributed by atoms with Gasteiger partial charge in [0.25, 0.3) is 0 Å². The average molecular weight is 451 g/mol. The van der Waals surface area contributed by atoms with E-state index in [4.69, 9.17) is 14.7 Å². The van der Waals surface area contributed by atoms with Crippen LogP contribution in [0.3, 0.4) is 0 Å². The molecule has 0 radical (unpaired) electrons. The SMILES string of the molecule is COC(=O)c1ccc(Cc2nccc(Cc3nc(-c4cccc(C)n4)nn4cccc34)n2)cn1. The summed E-state index contributed by atoms with van der Waals surface area (Å²) in [5.74, 6) is 0.756. The van der Waals surface area contributed by atoms with Crippen LogP contribution in [0.25, 0.3) is 17.0 Å². The Labute approximate surface area is 195 Å². The Balaban J connectivity index is 1.42. The van der Waals surface area contributed by atoms with E-state index in [1.54, 1.807) is 18.5 Å². The number of ether oxygens (including phenoxy) is 1. The van der Waals surface area contributed by atoms with E-state index in [1.165, 1.54) is 7.11 Å². The quantitative estimate of drug-likeness (QED) is 0.362. The molecule has 0 saturated heterocycles. The number of rotatable bonds is 6. The van der Waals surface area contributed by atoms with E-state index in [0.29, 0.717) is 24.5 Å². The van der Waals surface area contributed by atoms with Gasteiger partial charge >= 0.3 is 5.97 Å². The molecule has 0 amide bonds. The van der Waals surface area contributed by atoms with Gasteiger partial charge in [0.05, 0.1) is 24.0 Å². The molecule has 0 unspecified atom stereocenters. The summed E-state index contributed by atoms with van der Waals surface area (Å²) in [6.07, 6.45) is 6.29. The normalized spacial score (nSPS) is 11.0. The van der Waals surface area contributed by atoms with E-state index in [0.717, 1.165) is 33.9 Å². The van der Waals surface area contributed by atoms with Crippen molar-refractivity contribution >= 4 is 11.5 Å². The molecule has 168 valence electrons. The van der Waals surface area contributed by atoms with Crippen molar-refractivity contribution in [2.75, 3.05) is 7.11 Å². The van der Waals surface area contributed by atoms with Gasteiger partial charge in [-0.3, -0.25) is 0 Å². The fourth-order valence-electron chi connectivity index (χ4n) is 3.64. The summed E-state index contributed by atoms with van der Waals surface area (Å²) < 4.78 is 6.51. The second-order valence-electron chi connectivity index (χ2n) is 7.75. The van der Waals surface area contributed by atoms with Gasteiger partial charge < -0.3 is 4.74 Å². The molecule has 5 heterocycles. The fraction of sp³-hybridized carbons (Fsp3) is 0.160. The van der Waals surface area contributed by atoms with Gasteiger partial charge in [-0.25, -0.2) is 34.2 Å². The van der Waals surface area contributed by atoms with Crippen molar-refractivity contribution in [3.05, 3.63) is 101 Å². The van der Waals surface area contributed by atoms with Crippen LogP contribution in [-0.2, 0) is 17.6 Å². The molecular formula is C25H21N7O2. The summed E-state index contributed by atoms with van der Waals surface area (Å²) >= 11 is 0. The predicted octanol–water partition coefficient (Wildman–Crippen LogP) is 3.25. The first kappa shape index (κ1) is 21.3. The van der Waals surface area contributed by atoms with E-state index in [2.05, 4.69) is 20.1 Å². The largest absolute Gasteiger partial charge is 0.464 e. The number of methoxy groups -OCH3 is 1. The number of aromatic nitrogens is 7. The number of pyridine rings is 2. The third-order valence-electron chi connectivity index (χ3n) is 5.28. The van der Waals surface area contributed by atoms with Crippen molar-refractivity contribution in [3.63, 3.8) is 0 Å². The molecule has 0 bridgehead atoms. The van der Waals surface area contributed by atoms with Gasteiger partial charge in [-0.05, 0) is 48.9 Å². The number of carbonyl (C=O) groups is 1. The molecule has 0 fully saturated rings. The van der Waals surface area contributed by atoms with Crippen LogP contribution < -0.4 is 0 Å². The molecule has 34 heavy (non-hydrogen) atoms. The van der Waals surface area contributed by atoms with Crippen LogP contribution in [0, 0.1) is 6.92 Å². The Morgan fingerprint density at radius 2 is 1.88 bits per heavy atom. The van der Waals surface area contributed by atoms with Crippen molar-refractivity contribution in [2.45, 2.75) is 19.8 Å². The molecule has 9 heteroatoms. The number of hydrogen-bond donors (Lipinski definition) is 0. The molecule has 5 aromatic heterocycles. The molecule has 0 aliphatic rings. The maximum Gasteiger partial charge on any atom is 0.356 e. The van der Waals surface area contributed by atoms with Crippen molar-refractivity contribution in [1.82, 2.24) is 34.5 Å². The van der Waals surface area contributed by atoms with Crippen molar-refractivity contribution in [1.29, 1.82) is 0 Å². The molecule has 0 saturated carbocycles. The Morgan fingerprint density at radius 1 is 0.971 bits per heavy atom. The minimum absolute atomic E-state index is 0.264. The number of esters is 1. The lowest BCUT2D eigenvalue weighted by atomic mass is 10.1. The summed E-state index contributed by atoms with van der Waals surface area (Å²) in [6, 6.07) is 15.1. The first-order chi connectivity index (χ1) is 16.6. The van der Waals surface area contributed by atoms with Gasteiger partial charge in [-0.1, -0.05) is 12.1 Å². The highest BCUT2D eigenvalue weighted by atomic mass is 16.5. The number of aryl methyl sites for hydroxylation is 1. The summed E-state index contributed by atoms with van der Waals surface area (Å²) in [5.41, 5.74) is 5.40. The first-order valence-corrected chi connectivity index (χ1v) is 10.7. The summed E-state index contributed by atoms with van der Waals surface area (Å²) in [5, 5.41) is 4.62. The standard InChI is InChI=1S/C25H21N7O2/c1-16-5-3-6-19(28-16)24-30-21(22-7-4-12-32(22)31-24)14-18-10-11-26-23(29-18)13-17-8-9-20(27-15-17)25(33)34-2/h3-12,15H,13-14H2,1-2H3. The number of nitrogens with zero attached hydrogens (tertiary/aromatic N) is 7. The zero-order valence-corrected chi connectivity index (χ0v) is 18.7. The third-order valence-corrected chi connectivity index (χ3v) is 5.28. The second kappa shape index (κ2) is 9.14. The number of fused-ring (bicyclic) bond motifs is 1. The summed E-state index contributed by atoms with van der Waals surface area (Å²) in [4.78, 5) is 34.2. The fourth-order valence-corrected chi connectivity index (χ4v) is 3.64. The average Bonchev–Trinajstić information content (AvgIpc) is 3.33. The maximum absolute atomic E-state index is 11.6. The third kappa shape index (κ3) is 4.49. The molecule has 9 nitrogen and oxygen atoms in total. The molecule has 5 rings (SSSR count).